The summed E-state index contributed by atoms with van der Waals surface area (Å²) in [4.78, 5) is 3.39. The van der Waals surface area contributed by atoms with E-state index in [-0.39, 0.29) is 11.9 Å². The summed E-state index contributed by atoms with van der Waals surface area (Å²) in [6, 6.07) is 0.0569. The van der Waals surface area contributed by atoms with Crippen LogP contribution in [0.1, 0.15) is 45.3 Å². The van der Waals surface area contributed by atoms with Gasteiger partial charge in [0.2, 0.25) is 5.89 Å². The molecule has 0 aromatic carbocycles. The van der Waals surface area contributed by atoms with Crippen LogP contribution in [0.3, 0.4) is 0 Å². The normalized spacial score (nSPS) is 14.1. The van der Waals surface area contributed by atoms with Gasteiger partial charge in [0.1, 0.15) is 0 Å². The minimum atomic E-state index is -4.55. The van der Waals surface area contributed by atoms with Crippen molar-refractivity contribution in [2.45, 2.75) is 52.3 Å². The third-order valence-electron chi connectivity index (χ3n) is 2.58. The van der Waals surface area contributed by atoms with Gasteiger partial charge in [-0.25, -0.2) is 0 Å². The molecule has 0 spiro atoms. The Kier molecular flexibility index (Phi) is 5.78. The molecule has 1 aromatic heterocycles. The quantitative estimate of drug-likeness (QED) is 0.833. The smallest absolute Gasteiger partial charge is 0.339 e. The monoisotopic (exact) mass is 279 g/mol. The van der Waals surface area contributed by atoms with Crippen molar-refractivity contribution in [3.05, 3.63) is 11.7 Å². The van der Waals surface area contributed by atoms with Crippen molar-refractivity contribution >= 4 is 0 Å². The van der Waals surface area contributed by atoms with Gasteiger partial charge in [0, 0.05) is 12.5 Å². The molecular formula is C12H20F3N3O. The molecule has 1 rings (SSSR count). The SMILES string of the molecule is CCCNC(Cc1nc(C(F)(F)F)no1)CC(C)C. The van der Waals surface area contributed by atoms with Crippen LogP contribution in [0.5, 0.6) is 0 Å². The molecule has 110 valence electrons. The van der Waals surface area contributed by atoms with Gasteiger partial charge in [0.05, 0.1) is 0 Å². The number of nitrogens with one attached hydrogen (secondary N) is 1. The Bertz CT molecular complexity index is 377. The topological polar surface area (TPSA) is 51.0 Å². The molecule has 1 aromatic rings. The highest BCUT2D eigenvalue weighted by Gasteiger charge is 2.37. The Morgan fingerprint density at radius 2 is 2.00 bits per heavy atom. The average molecular weight is 279 g/mol. The fourth-order valence-corrected chi connectivity index (χ4v) is 1.82. The summed E-state index contributed by atoms with van der Waals surface area (Å²) >= 11 is 0. The van der Waals surface area contributed by atoms with Crippen molar-refractivity contribution in [1.29, 1.82) is 0 Å². The molecule has 19 heavy (non-hydrogen) atoms. The van der Waals surface area contributed by atoms with Gasteiger partial charge in [0.15, 0.2) is 0 Å². The van der Waals surface area contributed by atoms with Crippen molar-refractivity contribution in [2.24, 2.45) is 5.92 Å². The maximum atomic E-state index is 12.4. The van der Waals surface area contributed by atoms with E-state index in [9.17, 15) is 13.2 Å². The number of hydrogen-bond acceptors (Lipinski definition) is 4. The lowest BCUT2D eigenvalue weighted by Crippen LogP contribution is -2.33. The molecular weight excluding hydrogens is 259 g/mol. The first kappa shape index (κ1) is 15.9. The van der Waals surface area contributed by atoms with Crippen LogP contribution in [0.4, 0.5) is 13.2 Å². The Morgan fingerprint density at radius 3 is 2.47 bits per heavy atom. The van der Waals surface area contributed by atoms with E-state index < -0.39 is 12.0 Å². The van der Waals surface area contributed by atoms with E-state index >= 15 is 0 Å². The summed E-state index contributed by atoms with van der Waals surface area (Å²) in [7, 11) is 0. The van der Waals surface area contributed by atoms with Gasteiger partial charge in [-0.3, -0.25) is 0 Å². The summed E-state index contributed by atoms with van der Waals surface area (Å²) < 4.78 is 41.7. The predicted octanol–water partition coefficient (Wildman–Crippen LogP) is 3.05. The minimum Gasteiger partial charge on any atom is -0.339 e. The molecule has 1 unspecified atom stereocenters. The average Bonchev–Trinajstić information content (AvgIpc) is 2.73. The minimum absolute atomic E-state index is 0.0292. The van der Waals surface area contributed by atoms with Crippen LogP contribution < -0.4 is 5.32 Å². The second kappa shape index (κ2) is 6.88. The van der Waals surface area contributed by atoms with Crippen molar-refractivity contribution < 1.29 is 17.7 Å². The molecule has 0 aliphatic heterocycles. The first-order valence-corrected chi connectivity index (χ1v) is 6.46. The molecule has 0 aliphatic rings. The van der Waals surface area contributed by atoms with Crippen molar-refractivity contribution in [2.75, 3.05) is 6.54 Å². The molecule has 0 saturated heterocycles. The molecule has 1 heterocycles. The summed E-state index contributed by atoms with van der Waals surface area (Å²) in [5.74, 6) is -0.734. The maximum absolute atomic E-state index is 12.4. The Hall–Kier alpha value is -1.11. The molecule has 0 bridgehead atoms. The van der Waals surface area contributed by atoms with Gasteiger partial charge < -0.3 is 9.84 Å². The first-order valence-electron chi connectivity index (χ1n) is 6.46. The van der Waals surface area contributed by atoms with Gasteiger partial charge in [-0.05, 0) is 25.3 Å². The molecule has 0 radical (unpaired) electrons. The number of halogens is 3. The number of aromatic nitrogens is 2. The second-order valence-electron chi connectivity index (χ2n) is 4.99. The third-order valence-corrected chi connectivity index (χ3v) is 2.58. The van der Waals surface area contributed by atoms with E-state index in [2.05, 4.69) is 33.8 Å². The standard InChI is InChI=1S/C12H20F3N3O/c1-4-5-16-9(6-8(2)3)7-10-17-11(18-19-10)12(13,14)15/h8-9,16H,4-7H2,1-3H3. The van der Waals surface area contributed by atoms with Crippen molar-refractivity contribution in [3.63, 3.8) is 0 Å². The van der Waals surface area contributed by atoms with E-state index in [0.29, 0.717) is 12.3 Å². The summed E-state index contributed by atoms with van der Waals surface area (Å²) in [5, 5.41) is 6.25. The van der Waals surface area contributed by atoms with Crippen LogP contribution in [-0.2, 0) is 12.6 Å². The zero-order valence-corrected chi connectivity index (χ0v) is 11.4. The summed E-state index contributed by atoms with van der Waals surface area (Å²) in [6.45, 7) is 6.98. The highest BCUT2D eigenvalue weighted by molar-refractivity contribution is 4.93. The molecule has 1 N–H and O–H groups in total. The summed E-state index contributed by atoms with van der Waals surface area (Å²) in [5.41, 5.74) is 0. The lowest BCUT2D eigenvalue weighted by atomic mass is 10.0. The molecule has 0 saturated carbocycles. The zero-order valence-electron chi connectivity index (χ0n) is 11.4. The third kappa shape index (κ3) is 5.59. The van der Waals surface area contributed by atoms with E-state index in [4.69, 9.17) is 0 Å². The number of hydrogen-bond donors (Lipinski definition) is 1. The Balaban J connectivity index is 2.64. The van der Waals surface area contributed by atoms with Crippen LogP contribution in [0.15, 0.2) is 4.52 Å². The fourth-order valence-electron chi connectivity index (χ4n) is 1.82. The zero-order chi connectivity index (χ0) is 14.5. The lowest BCUT2D eigenvalue weighted by Gasteiger charge is -2.18. The van der Waals surface area contributed by atoms with E-state index in [0.717, 1.165) is 19.4 Å². The van der Waals surface area contributed by atoms with Crippen LogP contribution in [0.25, 0.3) is 0 Å². The van der Waals surface area contributed by atoms with Crippen LogP contribution in [0, 0.1) is 5.92 Å². The molecule has 0 aliphatic carbocycles. The van der Waals surface area contributed by atoms with Crippen molar-refractivity contribution in [1.82, 2.24) is 15.5 Å². The first-order chi connectivity index (χ1) is 8.82. The predicted molar refractivity (Wildman–Crippen MR) is 64.5 cm³/mol. The molecule has 0 fully saturated rings. The van der Waals surface area contributed by atoms with Gasteiger partial charge in [-0.1, -0.05) is 25.9 Å². The lowest BCUT2D eigenvalue weighted by molar-refractivity contribution is -0.146. The Morgan fingerprint density at radius 1 is 1.32 bits per heavy atom. The van der Waals surface area contributed by atoms with Gasteiger partial charge in [0.25, 0.3) is 5.82 Å². The number of nitrogens with zero attached hydrogens (tertiary/aromatic N) is 2. The van der Waals surface area contributed by atoms with Crippen LogP contribution in [-0.4, -0.2) is 22.7 Å². The largest absolute Gasteiger partial charge is 0.455 e. The van der Waals surface area contributed by atoms with Crippen LogP contribution in [0.2, 0.25) is 0 Å². The van der Waals surface area contributed by atoms with Gasteiger partial charge in [-0.15, -0.1) is 0 Å². The van der Waals surface area contributed by atoms with Crippen LogP contribution >= 0.6 is 0 Å². The molecule has 4 nitrogen and oxygen atoms in total. The van der Waals surface area contributed by atoms with E-state index in [1.54, 1.807) is 0 Å². The number of rotatable bonds is 7. The van der Waals surface area contributed by atoms with Crippen molar-refractivity contribution in [3.8, 4) is 0 Å². The van der Waals surface area contributed by atoms with E-state index in [1.165, 1.54) is 0 Å². The molecule has 0 amide bonds. The maximum Gasteiger partial charge on any atom is 0.455 e. The second-order valence-corrected chi connectivity index (χ2v) is 4.99. The molecule has 7 heteroatoms. The molecule has 1 atom stereocenters. The summed E-state index contributed by atoms with van der Waals surface area (Å²) in [6.07, 6.45) is -2.41. The van der Waals surface area contributed by atoms with Gasteiger partial charge in [-0.2, -0.15) is 18.2 Å². The van der Waals surface area contributed by atoms with E-state index in [1.807, 2.05) is 6.92 Å². The highest BCUT2D eigenvalue weighted by Crippen LogP contribution is 2.26. The fraction of sp³-hybridized carbons (Fsp3) is 0.833. The number of alkyl halides is 3. The Labute approximate surface area is 110 Å². The highest BCUT2D eigenvalue weighted by atomic mass is 19.4. The van der Waals surface area contributed by atoms with Gasteiger partial charge >= 0.3 is 6.18 Å².